The Hall–Kier alpha value is -1.46. The van der Waals surface area contributed by atoms with E-state index in [4.69, 9.17) is 0 Å². The second kappa shape index (κ2) is 5.04. The molecule has 0 unspecified atom stereocenters. The van der Waals surface area contributed by atoms with Crippen LogP contribution in [0.3, 0.4) is 0 Å². The molecule has 1 saturated heterocycles. The monoisotopic (exact) mass is 261 g/mol. The van der Waals surface area contributed by atoms with Crippen molar-refractivity contribution in [1.82, 2.24) is 9.36 Å². The van der Waals surface area contributed by atoms with Crippen LogP contribution < -0.4 is 4.90 Å². The van der Waals surface area contributed by atoms with Gasteiger partial charge in [0, 0.05) is 43.1 Å². The highest BCUT2D eigenvalue weighted by Gasteiger charge is 2.34. The zero-order valence-electron chi connectivity index (χ0n) is 9.94. The van der Waals surface area contributed by atoms with Crippen LogP contribution in [0.5, 0.6) is 0 Å². The number of nitrogens with zero attached hydrogens (tertiary/aromatic N) is 3. The first-order valence-electron chi connectivity index (χ1n) is 6.06. The molecule has 18 heavy (non-hydrogen) atoms. The van der Waals surface area contributed by atoms with E-state index < -0.39 is 0 Å². The van der Waals surface area contributed by atoms with Crippen LogP contribution in [-0.4, -0.2) is 34.2 Å². The van der Waals surface area contributed by atoms with Gasteiger partial charge in [-0.25, -0.2) is 4.98 Å². The molecule has 0 amide bonds. The molecule has 0 radical (unpaired) electrons. The van der Waals surface area contributed by atoms with Crippen LogP contribution in [0.25, 0.3) is 0 Å². The van der Waals surface area contributed by atoms with Crippen LogP contribution >= 0.6 is 11.5 Å². The quantitative estimate of drug-likeness (QED) is 0.914. The van der Waals surface area contributed by atoms with Crippen molar-refractivity contribution >= 4 is 16.7 Å². The molecule has 2 atom stereocenters. The Morgan fingerprint density at radius 3 is 2.78 bits per heavy atom. The number of aromatic nitrogens is 2. The first kappa shape index (κ1) is 11.6. The van der Waals surface area contributed by atoms with Crippen molar-refractivity contribution in [2.45, 2.75) is 5.92 Å². The van der Waals surface area contributed by atoms with Crippen LogP contribution in [0.15, 0.2) is 36.7 Å². The third-order valence-corrected chi connectivity index (χ3v) is 4.25. The SMILES string of the molecule is OC[C@@H]1CN(c2ncns2)C[C@H]1c1ccccc1. The molecule has 1 N–H and O–H groups in total. The predicted molar refractivity (Wildman–Crippen MR) is 71.9 cm³/mol. The van der Waals surface area contributed by atoms with E-state index in [1.807, 2.05) is 6.07 Å². The van der Waals surface area contributed by atoms with Crippen molar-refractivity contribution < 1.29 is 5.11 Å². The summed E-state index contributed by atoms with van der Waals surface area (Å²) in [6.45, 7) is 1.98. The summed E-state index contributed by atoms with van der Waals surface area (Å²) in [5.41, 5.74) is 1.29. The van der Waals surface area contributed by atoms with Crippen molar-refractivity contribution in [3.63, 3.8) is 0 Å². The fourth-order valence-electron chi connectivity index (χ4n) is 2.60. The molecule has 2 aromatic rings. The smallest absolute Gasteiger partial charge is 0.204 e. The topological polar surface area (TPSA) is 49.2 Å². The van der Waals surface area contributed by atoms with Gasteiger partial charge in [0.2, 0.25) is 5.13 Å². The molecule has 0 aliphatic carbocycles. The molecule has 94 valence electrons. The summed E-state index contributed by atoms with van der Waals surface area (Å²) in [6, 6.07) is 10.4. The van der Waals surface area contributed by atoms with Gasteiger partial charge >= 0.3 is 0 Å². The van der Waals surface area contributed by atoms with Crippen molar-refractivity contribution in [2.24, 2.45) is 5.92 Å². The van der Waals surface area contributed by atoms with Crippen LogP contribution in [0.4, 0.5) is 5.13 Å². The van der Waals surface area contributed by atoms with E-state index >= 15 is 0 Å². The van der Waals surface area contributed by atoms with E-state index in [0.29, 0.717) is 5.92 Å². The molecule has 1 aromatic heterocycles. The Kier molecular flexibility index (Phi) is 3.25. The van der Waals surface area contributed by atoms with Gasteiger partial charge in [-0.3, -0.25) is 0 Å². The molecule has 0 spiro atoms. The predicted octanol–water partition coefficient (Wildman–Crippen LogP) is 1.75. The van der Waals surface area contributed by atoms with Gasteiger partial charge in [0.25, 0.3) is 0 Å². The maximum absolute atomic E-state index is 9.55. The van der Waals surface area contributed by atoms with Crippen LogP contribution in [-0.2, 0) is 0 Å². The largest absolute Gasteiger partial charge is 0.396 e. The van der Waals surface area contributed by atoms with Gasteiger partial charge in [-0.05, 0) is 5.56 Å². The maximum Gasteiger partial charge on any atom is 0.204 e. The normalized spacial score (nSPS) is 23.5. The zero-order chi connectivity index (χ0) is 12.4. The Morgan fingerprint density at radius 2 is 2.11 bits per heavy atom. The Labute approximate surface area is 110 Å². The minimum Gasteiger partial charge on any atom is -0.396 e. The molecule has 1 aliphatic heterocycles. The van der Waals surface area contributed by atoms with Gasteiger partial charge in [-0.2, -0.15) is 4.37 Å². The first-order chi connectivity index (χ1) is 8.88. The molecule has 5 heteroatoms. The van der Waals surface area contributed by atoms with Crippen molar-refractivity contribution in [1.29, 1.82) is 0 Å². The molecule has 1 fully saturated rings. The minimum atomic E-state index is 0.217. The second-order valence-corrected chi connectivity index (χ2v) is 5.35. The summed E-state index contributed by atoms with van der Waals surface area (Å²) in [5, 5.41) is 10.5. The van der Waals surface area contributed by atoms with Crippen LogP contribution in [0.1, 0.15) is 11.5 Å². The molecule has 1 aromatic carbocycles. The second-order valence-electron chi connectivity index (χ2n) is 4.59. The average molecular weight is 261 g/mol. The lowest BCUT2D eigenvalue weighted by molar-refractivity contribution is 0.227. The maximum atomic E-state index is 9.55. The van der Waals surface area contributed by atoms with E-state index in [1.54, 1.807) is 6.33 Å². The van der Waals surface area contributed by atoms with Crippen molar-refractivity contribution in [3.05, 3.63) is 42.2 Å². The lowest BCUT2D eigenvalue weighted by Crippen LogP contribution is -2.20. The van der Waals surface area contributed by atoms with Gasteiger partial charge < -0.3 is 10.0 Å². The lowest BCUT2D eigenvalue weighted by Gasteiger charge is -2.15. The fraction of sp³-hybridized carbons (Fsp3) is 0.385. The van der Waals surface area contributed by atoms with Crippen LogP contribution in [0, 0.1) is 5.92 Å². The number of aliphatic hydroxyl groups excluding tert-OH is 1. The van der Waals surface area contributed by atoms with E-state index in [9.17, 15) is 5.11 Å². The third kappa shape index (κ3) is 2.11. The van der Waals surface area contributed by atoms with Gasteiger partial charge in [-0.15, -0.1) is 0 Å². The summed E-state index contributed by atoms with van der Waals surface area (Å²) >= 11 is 1.41. The molecular weight excluding hydrogens is 246 g/mol. The van der Waals surface area contributed by atoms with Gasteiger partial charge in [0.15, 0.2) is 0 Å². The number of hydrogen-bond donors (Lipinski definition) is 1. The summed E-state index contributed by atoms with van der Waals surface area (Å²) in [4.78, 5) is 6.47. The van der Waals surface area contributed by atoms with E-state index in [0.717, 1.165) is 18.2 Å². The van der Waals surface area contributed by atoms with Crippen LogP contribution in [0.2, 0.25) is 0 Å². The highest BCUT2D eigenvalue weighted by molar-refractivity contribution is 7.09. The summed E-state index contributed by atoms with van der Waals surface area (Å²) in [5.74, 6) is 0.649. The molecule has 4 nitrogen and oxygen atoms in total. The van der Waals surface area contributed by atoms with Gasteiger partial charge in [0.05, 0.1) is 0 Å². The first-order valence-corrected chi connectivity index (χ1v) is 6.83. The molecule has 0 saturated carbocycles. The highest BCUT2D eigenvalue weighted by Crippen LogP contribution is 2.35. The summed E-state index contributed by atoms with van der Waals surface area (Å²) in [6.07, 6.45) is 1.59. The minimum absolute atomic E-state index is 0.217. The van der Waals surface area contributed by atoms with E-state index in [1.165, 1.54) is 17.1 Å². The third-order valence-electron chi connectivity index (χ3n) is 3.52. The molecule has 1 aliphatic rings. The fourth-order valence-corrected chi connectivity index (χ4v) is 3.14. The average Bonchev–Trinajstić information content (AvgIpc) is 3.08. The Balaban J connectivity index is 1.83. The molecular formula is C13H15N3OS. The molecule has 2 heterocycles. The highest BCUT2D eigenvalue weighted by atomic mass is 32.1. The van der Waals surface area contributed by atoms with Crippen molar-refractivity contribution in [2.75, 3.05) is 24.6 Å². The number of benzene rings is 1. The summed E-state index contributed by atoms with van der Waals surface area (Å²) in [7, 11) is 0. The van der Waals surface area contributed by atoms with Gasteiger partial charge in [0.1, 0.15) is 6.33 Å². The van der Waals surface area contributed by atoms with Crippen molar-refractivity contribution in [3.8, 4) is 0 Å². The van der Waals surface area contributed by atoms with Gasteiger partial charge in [-0.1, -0.05) is 30.3 Å². The Morgan fingerprint density at radius 1 is 1.28 bits per heavy atom. The number of hydrogen-bond acceptors (Lipinski definition) is 5. The number of anilines is 1. The lowest BCUT2D eigenvalue weighted by atomic mass is 9.90. The number of aliphatic hydroxyl groups is 1. The zero-order valence-corrected chi connectivity index (χ0v) is 10.8. The standard InChI is InChI=1S/C13H15N3OS/c17-8-11-6-16(13-14-9-15-18-13)7-12(11)10-4-2-1-3-5-10/h1-5,9,11-12,17H,6-8H2/t11-,12-/m0/s1. The summed E-state index contributed by atoms with van der Waals surface area (Å²) < 4.78 is 4.04. The van der Waals surface area contributed by atoms with E-state index in [-0.39, 0.29) is 12.5 Å². The number of rotatable bonds is 3. The Bertz CT molecular complexity index is 488. The van der Waals surface area contributed by atoms with E-state index in [2.05, 4.69) is 38.5 Å². The molecule has 3 rings (SSSR count). The molecule has 0 bridgehead atoms.